The SMILES string of the molecule is CC(C)(C)OC(=O)N1C2C[C@H]2C[C@H]1C(=O)OCC(=O)c1cnc2cc(Br)ccc2n1. The van der Waals surface area contributed by atoms with E-state index in [9.17, 15) is 14.4 Å². The van der Waals surface area contributed by atoms with Gasteiger partial charge in [0, 0.05) is 10.5 Å². The number of Topliss-reactive ketones (excluding diaryl/α,β-unsaturated/α-hetero) is 1. The monoisotopic (exact) mass is 475 g/mol. The van der Waals surface area contributed by atoms with Crippen molar-refractivity contribution >= 4 is 44.8 Å². The number of esters is 1. The maximum atomic E-state index is 12.6. The normalized spacial score (nSPS) is 22.5. The summed E-state index contributed by atoms with van der Waals surface area (Å²) in [6.45, 7) is 4.88. The minimum Gasteiger partial charge on any atom is -0.456 e. The molecule has 1 saturated carbocycles. The van der Waals surface area contributed by atoms with E-state index in [0.717, 1.165) is 10.9 Å². The van der Waals surface area contributed by atoms with Gasteiger partial charge in [-0.25, -0.2) is 14.6 Å². The van der Waals surface area contributed by atoms with Crippen LogP contribution in [-0.2, 0) is 14.3 Å². The van der Waals surface area contributed by atoms with Crippen molar-refractivity contribution in [3.8, 4) is 0 Å². The molecule has 0 radical (unpaired) electrons. The largest absolute Gasteiger partial charge is 0.456 e. The van der Waals surface area contributed by atoms with Crippen molar-refractivity contribution in [1.82, 2.24) is 14.9 Å². The number of carbonyl (C=O) groups excluding carboxylic acids is 3. The fourth-order valence-electron chi connectivity index (χ4n) is 3.67. The minimum atomic E-state index is -0.726. The molecule has 3 atom stereocenters. The number of likely N-dealkylation sites (tertiary alicyclic amines) is 1. The second kappa shape index (κ2) is 7.61. The zero-order valence-electron chi connectivity index (χ0n) is 16.9. The first kappa shape index (κ1) is 20.7. The first-order valence-electron chi connectivity index (χ1n) is 9.76. The number of carbonyl (C=O) groups is 3. The molecule has 0 N–H and O–H groups in total. The zero-order chi connectivity index (χ0) is 21.6. The van der Waals surface area contributed by atoms with Gasteiger partial charge in [-0.2, -0.15) is 0 Å². The van der Waals surface area contributed by atoms with Crippen LogP contribution < -0.4 is 0 Å². The highest BCUT2D eigenvalue weighted by atomic mass is 79.9. The number of hydrogen-bond acceptors (Lipinski definition) is 7. The maximum Gasteiger partial charge on any atom is 0.411 e. The van der Waals surface area contributed by atoms with Gasteiger partial charge in [0.05, 0.1) is 17.2 Å². The number of rotatable bonds is 4. The lowest BCUT2D eigenvalue weighted by molar-refractivity contribution is -0.148. The Kier molecular flexibility index (Phi) is 5.25. The van der Waals surface area contributed by atoms with E-state index in [4.69, 9.17) is 9.47 Å². The van der Waals surface area contributed by atoms with E-state index in [-0.39, 0.29) is 17.7 Å². The molecule has 2 fully saturated rings. The molecule has 4 rings (SSSR count). The minimum absolute atomic E-state index is 0.0128. The van der Waals surface area contributed by atoms with Crippen molar-refractivity contribution in [3.63, 3.8) is 0 Å². The Bertz CT molecular complexity index is 1030. The Labute approximate surface area is 182 Å². The first-order chi connectivity index (χ1) is 14.1. The number of ether oxygens (including phenoxy) is 2. The predicted molar refractivity (Wildman–Crippen MR) is 111 cm³/mol. The smallest absolute Gasteiger partial charge is 0.411 e. The first-order valence-corrected chi connectivity index (χ1v) is 10.5. The molecule has 1 unspecified atom stereocenters. The van der Waals surface area contributed by atoms with Crippen LogP contribution in [0.5, 0.6) is 0 Å². The summed E-state index contributed by atoms with van der Waals surface area (Å²) in [7, 11) is 0. The van der Waals surface area contributed by atoms with Crippen molar-refractivity contribution in [2.75, 3.05) is 6.61 Å². The van der Waals surface area contributed by atoms with E-state index in [1.807, 2.05) is 6.07 Å². The molecule has 30 heavy (non-hydrogen) atoms. The van der Waals surface area contributed by atoms with Crippen LogP contribution in [0.2, 0.25) is 0 Å². The third-order valence-electron chi connectivity index (χ3n) is 5.12. The average Bonchev–Trinajstić information content (AvgIpc) is 3.33. The van der Waals surface area contributed by atoms with Crippen molar-refractivity contribution in [3.05, 3.63) is 34.6 Å². The molecule has 1 aromatic heterocycles. The molecule has 2 aromatic rings. The Hall–Kier alpha value is -2.55. The molecular weight excluding hydrogens is 454 g/mol. The van der Waals surface area contributed by atoms with Gasteiger partial charge >= 0.3 is 12.1 Å². The second-order valence-corrected chi connectivity index (χ2v) is 9.54. The van der Waals surface area contributed by atoms with Crippen LogP contribution in [0.15, 0.2) is 28.9 Å². The maximum absolute atomic E-state index is 12.6. The van der Waals surface area contributed by atoms with E-state index in [1.54, 1.807) is 32.9 Å². The molecule has 1 saturated heterocycles. The van der Waals surface area contributed by atoms with E-state index in [0.29, 0.717) is 17.5 Å². The van der Waals surface area contributed by atoms with Crippen LogP contribution in [0.3, 0.4) is 0 Å². The molecule has 2 aliphatic rings. The summed E-state index contributed by atoms with van der Waals surface area (Å²) in [5.41, 5.74) is 0.688. The molecule has 1 aromatic carbocycles. The number of nitrogens with zero attached hydrogens (tertiary/aromatic N) is 3. The molecule has 8 nitrogen and oxygen atoms in total. The summed E-state index contributed by atoms with van der Waals surface area (Å²) >= 11 is 3.36. The number of ketones is 1. The summed E-state index contributed by atoms with van der Waals surface area (Å²) in [6, 6.07) is 4.64. The van der Waals surface area contributed by atoms with Crippen LogP contribution in [0, 0.1) is 5.92 Å². The molecule has 1 amide bonds. The van der Waals surface area contributed by atoms with Crippen molar-refractivity contribution in [2.45, 2.75) is 51.3 Å². The summed E-state index contributed by atoms with van der Waals surface area (Å²) in [6.07, 6.45) is 2.24. The highest BCUT2D eigenvalue weighted by Crippen LogP contribution is 2.48. The Morgan fingerprint density at radius 1 is 1.20 bits per heavy atom. The highest BCUT2D eigenvalue weighted by Gasteiger charge is 2.57. The fourth-order valence-corrected chi connectivity index (χ4v) is 4.02. The number of amides is 1. The van der Waals surface area contributed by atoms with E-state index in [2.05, 4.69) is 25.9 Å². The molecule has 0 bridgehead atoms. The number of piperidine rings is 1. The predicted octanol–water partition coefficient (Wildman–Crippen LogP) is 3.52. The average molecular weight is 476 g/mol. The van der Waals surface area contributed by atoms with Gasteiger partial charge in [-0.3, -0.25) is 14.7 Å². The number of halogens is 1. The topological polar surface area (TPSA) is 98.7 Å². The number of benzene rings is 1. The molecule has 1 aliphatic heterocycles. The van der Waals surface area contributed by atoms with E-state index in [1.165, 1.54) is 11.1 Å². The van der Waals surface area contributed by atoms with Crippen LogP contribution >= 0.6 is 15.9 Å². The molecule has 9 heteroatoms. The molecule has 1 aliphatic carbocycles. The van der Waals surface area contributed by atoms with Crippen LogP contribution in [0.4, 0.5) is 4.79 Å². The molecular formula is C21H22BrN3O5. The molecule has 0 spiro atoms. The van der Waals surface area contributed by atoms with Gasteiger partial charge in [-0.1, -0.05) is 15.9 Å². The van der Waals surface area contributed by atoms with E-state index < -0.39 is 36.1 Å². The van der Waals surface area contributed by atoms with Gasteiger partial charge in [-0.15, -0.1) is 0 Å². The lowest BCUT2D eigenvalue weighted by Crippen LogP contribution is -2.46. The molecule has 158 valence electrons. The third-order valence-corrected chi connectivity index (χ3v) is 5.61. The summed E-state index contributed by atoms with van der Waals surface area (Å²) in [5.74, 6) is -0.761. The van der Waals surface area contributed by atoms with Gasteiger partial charge in [0.2, 0.25) is 5.78 Å². The van der Waals surface area contributed by atoms with Gasteiger partial charge in [0.25, 0.3) is 0 Å². The van der Waals surface area contributed by atoms with Gasteiger partial charge in [0.15, 0.2) is 6.61 Å². The van der Waals surface area contributed by atoms with Gasteiger partial charge < -0.3 is 9.47 Å². The fraction of sp³-hybridized carbons (Fsp3) is 0.476. The third kappa shape index (κ3) is 4.30. The Morgan fingerprint density at radius 2 is 1.97 bits per heavy atom. The van der Waals surface area contributed by atoms with Crippen molar-refractivity contribution < 1.29 is 23.9 Å². The Balaban J connectivity index is 1.39. The standard InChI is InChI=1S/C21H22BrN3O5/c1-21(2,3)30-20(28)25-16-6-11(16)7-17(25)19(27)29-10-18(26)15-9-23-14-8-12(22)4-5-13(14)24-15/h4-5,8-9,11,16-17H,6-7,10H2,1-3H3/t11-,16?,17-/m0/s1. The molecule has 2 heterocycles. The van der Waals surface area contributed by atoms with Crippen LogP contribution in [0.1, 0.15) is 44.1 Å². The summed E-state index contributed by atoms with van der Waals surface area (Å²) in [4.78, 5) is 47.6. The lowest BCUT2D eigenvalue weighted by Gasteiger charge is -2.29. The van der Waals surface area contributed by atoms with Gasteiger partial charge in [-0.05, 0) is 57.7 Å². The summed E-state index contributed by atoms with van der Waals surface area (Å²) in [5, 5.41) is 0. The summed E-state index contributed by atoms with van der Waals surface area (Å²) < 4.78 is 11.5. The van der Waals surface area contributed by atoms with Crippen LogP contribution in [0.25, 0.3) is 11.0 Å². The number of hydrogen-bond donors (Lipinski definition) is 0. The second-order valence-electron chi connectivity index (χ2n) is 8.62. The van der Waals surface area contributed by atoms with Crippen molar-refractivity contribution in [2.24, 2.45) is 5.92 Å². The highest BCUT2D eigenvalue weighted by molar-refractivity contribution is 9.10. The quantitative estimate of drug-likeness (QED) is 0.492. The van der Waals surface area contributed by atoms with Crippen LogP contribution in [-0.4, -0.2) is 57.0 Å². The zero-order valence-corrected chi connectivity index (χ0v) is 18.5. The number of aromatic nitrogens is 2. The number of fused-ring (bicyclic) bond motifs is 2. The lowest BCUT2D eigenvalue weighted by atomic mass is 10.1. The van der Waals surface area contributed by atoms with E-state index >= 15 is 0 Å². The Morgan fingerprint density at radius 3 is 2.70 bits per heavy atom. The van der Waals surface area contributed by atoms with Crippen molar-refractivity contribution in [1.29, 1.82) is 0 Å². The van der Waals surface area contributed by atoms with Gasteiger partial charge in [0.1, 0.15) is 17.3 Å².